The molecule has 0 aromatic carbocycles. The topological polar surface area (TPSA) is 63.0 Å². The van der Waals surface area contributed by atoms with Crippen molar-refractivity contribution < 1.29 is 13.9 Å². The molecule has 7 heteroatoms. The summed E-state index contributed by atoms with van der Waals surface area (Å²) in [6.45, 7) is 8.53. The van der Waals surface area contributed by atoms with E-state index in [1.54, 1.807) is 0 Å². The van der Waals surface area contributed by atoms with Crippen LogP contribution >= 0.6 is 0 Å². The van der Waals surface area contributed by atoms with E-state index >= 15 is 4.39 Å². The lowest BCUT2D eigenvalue weighted by Crippen LogP contribution is -2.74. The molecule has 4 aliphatic heterocycles. The number of likely N-dealkylation sites (tertiary alicyclic amines) is 1. The van der Waals surface area contributed by atoms with Crippen LogP contribution in [0, 0.1) is 11.8 Å². The molecule has 148 valence electrons. The molecule has 26 heavy (non-hydrogen) atoms. The van der Waals surface area contributed by atoms with Crippen molar-refractivity contribution >= 4 is 0 Å². The number of hydrogen-bond acceptors (Lipinski definition) is 6. The van der Waals surface area contributed by atoms with Gasteiger partial charge in [0.05, 0.1) is 24.9 Å². The summed E-state index contributed by atoms with van der Waals surface area (Å²) in [5.74, 6) is 0.704. The van der Waals surface area contributed by atoms with Gasteiger partial charge in [0.2, 0.25) is 0 Å². The van der Waals surface area contributed by atoms with E-state index in [1.165, 1.54) is 0 Å². The van der Waals surface area contributed by atoms with Crippen molar-refractivity contribution in [1.82, 2.24) is 15.1 Å². The summed E-state index contributed by atoms with van der Waals surface area (Å²) in [6, 6.07) is 0.821. The number of piperidine rings is 1. The predicted octanol–water partition coefficient (Wildman–Crippen LogP) is 0.168. The second kappa shape index (κ2) is 6.64. The number of nitrogens with two attached hydrogens (primary N) is 1. The average Bonchev–Trinajstić information content (AvgIpc) is 3.23. The quantitative estimate of drug-likeness (QED) is 0.725. The Bertz CT molecular complexity index is 540. The fourth-order valence-corrected chi connectivity index (χ4v) is 6.40. The van der Waals surface area contributed by atoms with Gasteiger partial charge < -0.3 is 15.2 Å². The summed E-state index contributed by atoms with van der Waals surface area (Å²) in [5, 5.41) is 3.56. The molecule has 0 amide bonds. The van der Waals surface area contributed by atoms with E-state index in [0.29, 0.717) is 37.6 Å². The number of rotatable bonds is 2. The van der Waals surface area contributed by atoms with Crippen LogP contribution in [0.4, 0.5) is 4.39 Å². The summed E-state index contributed by atoms with van der Waals surface area (Å²) in [5.41, 5.74) is 5.87. The number of ether oxygens (including phenoxy) is 2. The number of alkyl halides is 1. The van der Waals surface area contributed by atoms with Crippen molar-refractivity contribution in [3.63, 3.8) is 0 Å². The third-order valence-electron chi connectivity index (χ3n) is 7.57. The van der Waals surface area contributed by atoms with E-state index in [4.69, 9.17) is 15.2 Å². The highest BCUT2D eigenvalue weighted by molar-refractivity contribution is 5.13. The average molecular weight is 368 g/mol. The number of nitrogens with zero attached hydrogens (tertiary/aromatic N) is 2. The molecule has 10 atom stereocenters. The van der Waals surface area contributed by atoms with Gasteiger partial charge in [-0.2, -0.15) is 0 Å². The number of halogens is 1. The van der Waals surface area contributed by atoms with Gasteiger partial charge in [-0.25, -0.2) is 4.39 Å². The Morgan fingerprint density at radius 1 is 1.19 bits per heavy atom. The number of fused-ring (bicyclic) bond motifs is 2. The highest BCUT2D eigenvalue weighted by Crippen LogP contribution is 2.46. The van der Waals surface area contributed by atoms with Crippen LogP contribution in [0.25, 0.3) is 0 Å². The van der Waals surface area contributed by atoms with E-state index < -0.39 is 6.17 Å². The first kappa shape index (κ1) is 17.8. The summed E-state index contributed by atoms with van der Waals surface area (Å²) in [7, 11) is 0. The second-order valence-electron chi connectivity index (χ2n) is 9.14. The second-order valence-corrected chi connectivity index (χ2v) is 9.14. The van der Waals surface area contributed by atoms with Crippen molar-refractivity contribution in [3.05, 3.63) is 0 Å². The molecule has 0 aromatic heterocycles. The van der Waals surface area contributed by atoms with Gasteiger partial charge in [-0.15, -0.1) is 0 Å². The Hall–Kier alpha value is -0.310. The van der Waals surface area contributed by atoms with Gasteiger partial charge in [0, 0.05) is 37.1 Å². The smallest absolute Gasteiger partial charge is 0.119 e. The Morgan fingerprint density at radius 3 is 2.81 bits per heavy atom. The molecule has 5 fully saturated rings. The molecule has 1 saturated carbocycles. The maximum atomic E-state index is 15.5. The molecule has 9 unspecified atom stereocenters. The van der Waals surface area contributed by atoms with Crippen LogP contribution in [0.2, 0.25) is 0 Å². The first-order valence-electron chi connectivity index (χ1n) is 10.4. The van der Waals surface area contributed by atoms with Crippen LogP contribution in [0.15, 0.2) is 0 Å². The summed E-state index contributed by atoms with van der Waals surface area (Å²) in [4.78, 5) is 4.92. The maximum absolute atomic E-state index is 15.5. The van der Waals surface area contributed by atoms with E-state index in [9.17, 15) is 0 Å². The molecule has 0 bridgehead atoms. The van der Waals surface area contributed by atoms with Crippen molar-refractivity contribution in [1.29, 1.82) is 0 Å². The minimum absolute atomic E-state index is 0.0562. The van der Waals surface area contributed by atoms with Gasteiger partial charge in [-0.1, -0.05) is 0 Å². The molecule has 3 N–H and O–H groups in total. The van der Waals surface area contributed by atoms with Crippen molar-refractivity contribution in [2.24, 2.45) is 17.6 Å². The van der Waals surface area contributed by atoms with Gasteiger partial charge >= 0.3 is 0 Å². The number of hydrogen-bond donors (Lipinski definition) is 2. The van der Waals surface area contributed by atoms with Gasteiger partial charge in [-0.3, -0.25) is 15.1 Å². The first-order valence-corrected chi connectivity index (χ1v) is 10.4. The predicted molar refractivity (Wildman–Crippen MR) is 96.5 cm³/mol. The first-order chi connectivity index (χ1) is 12.6. The summed E-state index contributed by atoms with van der Waals surface area (Å²) >= 11 is 0. The van der Waals surface area contributed by atoms with Gasteiger partial charge in [0.25, 0.3) is 0 Å². The molecule has 5 aliphatic rings. The Balaban J connectivity index is 1.44. The van der Waals surface area contributed by atoms with E-state index in [-0.39, 0.29) is 36.4 Å². The van der Waals surface area contributed by atoms with Crippen LogP contribution < -0.4 is 11.1 Å². The van der Waals surface area contributed by atoms with Crippen LogP contribution in [0.5, 0.6) is 0 Å². The third kappa shape index (κ3) is 2.66. The lowest BCUT2D eigenvalue weighted by Gasteiger charge is -2.59. The molecule has 0 aromatic rings. The molecular formula is C19H33FN4O2. The van der Waals surface area contributed by atoms with Crippen molar-refractivity contribution in [3.8, 4) is 0 Å². The van der Waals surface area contributed by atoms with E-state index in [1.807, 2.05) is 0 Å². The van der Waals surface area contributed by atoms with Crippen LogP contribution in [0.3, 0.4) is 0 Å². The van der Waals surface area contributed by atoms with Gasteiger partial charge in [0.1, 0.15) is 12.4 Å². The molecule has 1 aliphatic carbocycles. The van der Waals surface area contributed by atoms with Crippen LogP contribution in [-0.4, -0.2) is 91.4 Å². The lowest BCUT2D eigenvalue weighted by molar-refractivity contribution is -0.208. The molecule has 0 spiro atoms. The monoisotopic (exact) mass is 368 g/mol. The van der Waals surface area contributed by atoms with Crippen LogP contribution in [0.1, 0.15) is 26.7 Å². The van der Waals surface area contributed by atoms with E-state index in [2.05, 4.69) is 29.0 Å². The summed E-state index contributed by atoms with van der Waals surface area (Å²) < 4.78 is 28.0. The highest BCUT2D eigenvalue weighted by atomic mass is 19.1. The standard InChI is InChI=1S/C19H33FN4O2/c1-10-9-25-19-16-13(18-15(8-24(10)16)22-11(2)26-18)5-14(20)17(19)23-4-3-12(6-21)7-23/h10-19,22H,3-9,21H2,1-2H3/t10-,11?,12?,13?,14?,15?,16?,17?,18?,19?/m0/s1. The third-order valence-corrected chi connectivity index (χ3v) is 7.57. The Kier molecular flexibility index (Phi) is 4.54. The Labute approximate surface area is 155 Å². The number of nitrogens with one attached hydrogen (secondary N) is 1. The summed E-state index contributed by atoms with van der Waals surface area (Å²) in [6.07, 6.45) is 0.911. The Morgan fingerprint density at radius 2 is 2.04 bits per heavy atom. The molecular weight excluding hydrogens is 335 g/mol. The fraction of sp³-hybridized carbons (Fsp3) is 1.00. The maximum Gasteiger partial charge on any atom is 0.119 e. The zero-order valence-electron chi connectivity index (χ0n) is 15.9. The minimum atomic E-state index is -0.855. The van der Waals surface area contributed by atoms with Crippen molar-refractivity contribution in [2.75, 3.05) is 32.8 Å². The largest absolute Gasteiger partial charge is 0.373 e. The number of morpholine rings is 1. The molecule has 5 rings (SSSR count). The van der Waals surface area contributed by atoms with Gasteiger partial charge in [0.15, 0.2) is 0 Å². The fourth-order valence-electron chi connectivity index (χ4n) is 6.40. The van der Waals surface area contributed by atoms with Crippen LogP contribution in [-0.2, 0) is 9.47 Å². The van der Waals surface area contributed by atoms with Gasteiger partial charge in [-0.05, 0) is 45.7 Å². The SMILES string of the molecule is CC1NC2CN3C4C(CC(F)C(N5CCC(CN)C5)C4OC[C@@H]3C)C2O1. The molecule has 4 saturated heterocycles. The zero-order chi connectivity index (χ0) is 18.0. The molecule has 4 heterocycles. The molecule has 0 radical (unpaired) electrons. The zero-order valence-corrected chi connectivity index (χ0v) is 15.9. The van der Waals surface area contributed by atoms with Crippen molar-refractivity contribution in [2.45, 2.75) is 75.5 Å². The normalized spacial score (nSPS) is 54.9. The molecule has 6 nitrogen and oxygen atoms in total. The lowest BCUT2D eigenvalue weighted by atomic mass is 9.69. The van der Waals surface area contributed by atoms with E-state index in [0.717, 1.165) is 26.1 Å². The minimum Gasteiger partial charge on any atom is -0.373 e. The highest BCUT2D eigenvalue weighted by Gasteiger charge is 2.60.